The van der Waals surface area contributed by atoms with Gasteiger partial charge in [-0.3, -0.25) is 14.4 Å². The molecule has 212 valence electrons. The first kappa shape index (κ1) is 26.1. The average Bonchev–Trinajstić information content (AvgIpc) is 3.65. The molecular weight excluding hydrogens is 517 g/mol. The highest BCUT2D eigenvalue weighted by Gasteiger charge is 2.54. The van der Waals surface area contributed by atoms with E-state index in [4.69, 9.17) is 0 Å². The van der Waals surface area contributed by atoms with E-state index < -0.39 is 5.54 Å². The van der Waals surface area contributed by atoms with Crippen molar-refractivity contribution in [2.45, 2.75) is 43.9 Å². The van der Waals surface area contributed by atoms with Crippen molar-refractivity contribution in [2.75, 3.05) is 45.3 Å². The number of likely N-dealkylation sites (tertiary alicyclic amines) is 1. The summed E-state index contributed by atoms with van der Waals surface area (Å²) in [7, 11) is 4.01. The van der Waals surface area contributed by atoms with E-state index in [1.807, 2.05) is 29.9 Å². The number of hydrogen-bond donors (Lipinski definition) is 0. The van der Waals surface area contributed by atoms with Crippen LogP contribution in [0.5, 0.6) is 0 Å². The Bertz CT molecular complexity index is 1570. The van der Waals surface area contributed by atoms with Gasteiger partial charge in [0.2, 0.25) is 5.91 Å². The van der Waals surface area contributed by atoms with Crippen molar-refractivity contribution in [3.63, 3.8) is 0 Å². The molecule has 0 N–H and O–H groups in total. The van der Waals surface area contributed by atoms with Crippen molar-refractivity contribution < 1.29 is 9.18 Å². The fraction of sp³-hybridized carbons (Fsp3) is 0.406. The van der Waals surface area contributed by atoms with Gasteiger partial charge in [-0.25, -0.2) is 4.39 Å². The van der Waals surface area contributed by atoms with E-state index in [2.05, 4.69) is 61.4 Å². The second-order valence-corrected chi connectivity index (χ2v) is 12.0. The molecule has 1 atom stereocenters. The molecule has 9 heteroatoms. The lowest BCUT2D eigenvalue weighted by atomic mass is 9.84. The Labute approximate surface area is 239 Å². The van der Waals surface area contributed by atoms with Crippen LogP contribution in [0.25, 0.3) is 10.8 Å². The molecule has 3 aromatic carbocycles. The van der Waals surface area contributed by atoms with Crippen LogP contribution in [0.4, 0.5) is 10.1 Å². The zero-order valence-electron chi connectivity index (χ0n) is 23.7. The van der Waals surface area contributed by atoms with Crippen LogP contribution in [-0.4, -0.2) is 81.5 Å². The lowest BCUT2D eigenvalue weighted by molar-refractivity contribution is -0.134. The van der Waals surface area contributed by atoms with Gasteiger partial charge in [0.1, 0.15) is 11.4 Å². The monoisotopic (exact) mass is 553 g/mol. The third kappa shape index (κ3) is 4.57. The quantitative estimate of drug-likeness (QED) is 0.344. The number of benzene rings is 3. The Morgan fingerprint density at radius 1 is 1.00 bits per heavy atom. The Morgan fingerprint density at radius 3 is 2.51 bits per heavy atom. The Kier molecular flexibility index (Phi) is 6.51. The van der Waals surface area contributed by atoms with Crippen LogP contribution in [0.2, 0.25) is 0 Å². The molecule has 1 spiro atoms. The van der Waals surface area contributed by atoms with E-state index in [0.29, 0.717) is 25.8 Å². The van der Waals surface area contributed by atoms with Gasteiger partial charge >= 0.3 is 0 Å². The summed E-state index contributed by atoms with van der Waals surface area (Å²) in [6, 6.07) is 20.2. The molecule has 3 heterocycles. The third-order valence-corrected chi connectivity index (χ3v) is 9.18. The molecule has 2 aliphatic heterocycles. The third-order valence-electron chi connectivity index (χ3n) is 9.18. The first-order chi connectivity index (χ1) is 19.9. The van der Waals surface area contributed by atoms with Crippen molar-refractivity contribution in [2.24, 2.45) is 0 Å². The second kappa shape index (κ2) is 10.2. The van der Waals surface area contributed by atoms with E-state index in [0.717, 1.165) is 50.3 Å². The number of amides is 1. The first-order valence-electron chi connectivity index (χ1n) is 14.5. The summed E-state index contributed by atoms with van der Waals surface area (Å²) in [6.07, 6.45) is 4.43. The molecule has 0 radical (unpaired) electrons. The summed E-state index contributed by atoms with van der Waals surface area (Å²) in [5.41, 5.74) is 3.99. The molecule has 1 aromatic heterocycles. The SMILES string of the molecule is CN(C)Cc1cn(CCN2CN(c3ccc(F)cc3)C3(CCN([C@H]4Cc5cccc6cccc4c56)CC3)C2=O)nn1. The number of hydrogen-bond acceptors (Lipinski definition) is 6. The Balaban J connectivity index is 1.11. The molecule has 3 aliphatic rings. The molecule has 1 aliphatic carbocycles. The number of halogens is 1. The van der Waals surface area contributed by atoms with Crippen LogP contribution in [0.3, 0.4) is 0 Å². The van der Waals surface area contributed by atoms with Gasteiger partial charge < -0.3 is 14.7 Å². The fourth-order valence-corrected chi connectivity index (χ4v) is 7.20. The Hall–Kier alpha value is -3.82. The topological polar surface area (TPSA) is 60.7 Å². The van der Waals surface area contributed by atoms with E-state index in [-0.39, 0.29) is 11.7 Å². The molecule has 0 saturated carbocycles. The van der Waals surface area contributed by atoms with Crippen molar-refractivity contribution in [3.05, 3.63) is 89.5 Å². The number of carbonyl (C=O) groups is 1. The lowest BCUT2D eigenvalue weighted by Crippen LogP contribution is -2.57. The van der Waals surface area contributed by atoms with Gasteiger partial charge in [0.25, 0.3) is 0 Å². The van der Waals surface area contributed by atoms with Gasteiger partial charge in [0.05, 0.1) is 18.9 Å². The summed E-state index contributed by atoms with van der Waals surface area (Å²) < 4.78 is 15.7. The van der Waals surface area contributed by atoms with Gasteiger partial charge in [0, 0.05) is 44.1 Å². The number of aromatic nitrogens is 3. The smallest absolute Gasteiger partial charge is 0.250 e. The van der Waals surface area contributed by atoms with Crippen molar-refractivity contribution >= 4 is 22.4 Å². The van der Waals surface area contributed by atoms with Crippen molar-refractivity contribution in [1.29, 1.82) is 0 Å². The normalized spacial score (nSPS) is 20.3. The maximum absolute atomic E-state index is 14.2. The van der Waals surface area contributed by atoms with E-state index in [9.17, 15) is 9.18 Å². The summed E-state index contributed by atoms with van der Waals surface area (Å²) >= 11 is 0. The van der Waals surface area contributed by atoms with Gasteiger partial charge in [0.15, 0.2) is 0 Å². The molecule has 2 fully saturated rings. The summed E-state index contributed by atoms with van der Waals surface area (Å²) in [4.78, 5) is 23.0. The first-order valence-corrected chi connectivity index (χ1v) is 14.5. The molecule has 4 aromatic rings. The van der Waals surface area contributed by atoms with Crippen LogP contribution in [0, 0.1) is 5.82 Å². The number of anilines is 1. The molecule has 0 bridgehead atoms. The minimum atomic E-state index is -0.635. The van der Waals surface area contributed by atoms with Gasteiger partial charge in [-0.15, -0.1) is 5.10 Å². The van der Waals surface area contributed by atoms with Crippen LogP contribution in [0.1, 0.15) is 35.7 Å². The maximum Gasteiger partial charge on any atom is 0.250 e. The molecule has 2 saturated heterocycles. The summed E-state index contributed by atoms with van der Waals surface area (Å²) in [5, 5.41) is 11.2. The highest BCUT2D eigenvalue weighted by molar-refractivity contribution is 5.94. The molecule has 7 rings (SSSR count). The van der Waals surface area contributed by atoms with Crippen molar-refractivity contribution in [1.82, 2.24) is 29.7 Å². The van der Waals surface area contributed by atoms with Gasteiger partial charge in [-0.1, -0.05) is 41.6 Å². The number of nitrogens with zero attached hydrogens (tertiary/aromatic N) is 7. The highest BCUT2D eigenvalue weighted by Crippen LogP contribution is 2.45. The minimum Gasteiger partial charge on any atom is -0.339 e. The second-order valence-electron chi connectivity index (χ2n) is 12.0. The van der Waals surface area contributed by atoms with Crippen LogP contribution in [0.15, 0.2) is 66.9 Å². The number of piperidine rings is 1. The van der Waals surface area contributed by atoms with Crippen LogP contribution in [-0.2, 0) is 24.3 Å². The van der Waals surface area contributed by atoms with Crippen molar-refractivity contribution in [3.8, 4) is 0 Å². The van der Waals surface area contributed by atoms with Crippen LogP contribution >= 0.6 is 0 Å². The van der Waals surface area contributed by atoms with Crippen LogP contribution < -0.4 is 4.90 Å². The fourth-order valence-electron chi connectivity index (χ4n) is 7.20. The molecule has 8 nitrogen and oxygen atoms in total. The minimum absolute atomic E-state index is 0.159. The number of rotatable bonds is 7. The lowest BCUT2D eigenvalue weighted by Gasteiger charge is -2.45. The molecule has 0 unspecified atom stereocenters. The van der Waals surface area contributed by atoms with E-state index >= 15 is 0 Å². The number of carbonyl (C=O) groups excluding carboxylic acids is 1. The van der Waals surface area contributed by atoms with Gasteiger partial charge in [-0.2, -0.15) is 0 Å². The highest BCUT2D eigenvalue weighted by atomic mass is 19.1. The predicted molar refractivity (Wildman–Crippen MR) is 157 cm³/mol. The maximum atomic E-state index is 14.2. The largest absolute Gasteiger partial charge is 0.339 e. The van der Waals surface area contributed by atoms with E-state index in [1.165, 1.54) is 34.0 Å². The summed E-state index contributed by atoms with van der Waals surface area (Å²) in [6.45, 7) is 4.01. The van der Waals surface area contributed by atoms with E-state index in [1.54, 1.807) is 12.1 Å². The zero-order chi connectivity index (χ0) is 28.1. The standard InChI is InChI=1S/C32H36FN7O/c1-36(2)20-26-21-39(35-34-26)18-17-38-22-40(27-11-9-25(33)10-12-27)32(31(38)41)13-15-37(16-14-32)29-19-24-7-3-5-23-6-4-8-28(29)30(23)24/h3-12,21,29H,13-20,22H2,1-2H3/t29-/m0/s1. The molecular formula is C32H36FN7O. The zero-order valence-corrected chi connectivity index (χ0v) is 23.7. The summed E-state index contributed by atoms with van der Waals surface area (Å²) in [5.74, 6) is -0.110. The van der Waals surface area contributed by atoms with Gasteiger partial charge in [-0.05, 0) is 79.5 Å². The molecule has 1 amide bonds. The Morgan fingerprint density at radius 2 is 1.76 bits per heavy atom. The average molecular weight is 554 g/mol. The molecule has 41 heavy (non-hydrogen) atoms. The predicted octanol–water partition coefficient (Wildman–Crippen LogP) is 4.07.